The average molecular weight is 1290 g/mol. The molecule has 13 unspecified atom stereocenters. The van der Waals surface area contributed by atoms with Crippen molar-refractivity contribution in [3.05, 3.63) is 178 Å². The van der Waals surface area contributed by atoms with Gasteiger partial charge in [0.2, 0.25) is 0 Å². The Bertz CT molecular complexity index is 2690. The van der Waals surface area contributed by atoms with Gasteiger partial charge >= 0.3 is 0 Å². The van der Waals surface area contributed by atoms with E-state index in [-0.39, 0.29) is 0 Å². The Kier molecular flexibility index (Phi) is 43.7. The van der Waals surface area contributed by atoms with Gasteiger partial charge in [0.05, 0.1) is 0 Å². The Balaban J connectivity index is 0.000000517. The second-order valence-corrected chi connectivity index (χ2v) is 29.5. The fourth-order valence-corrected chi connectivity index (χ4v) is 12.4. The van der Waals surface area contributed by atoms with Crippen molar-refractivity contribution >= 4 is 34.1 Å². The smallest absolute Gasteiger partial charge is 0.0346 e. The molecule has 11 rings (SSSR count). The lowest BCUT2D eigenvalue weighted by Crippen LogP contribution is -2.37. The van der Waals surface area contributed by atoms with E-state index in [2.05, 4.69) is 95.2 Å². The van der Waals surface area contributed by atoms with Crippen molar-refractivity contribution in [3.8, 4) is 0 Å². The van der Waals surface area contributed by atoms with Crippen molar-refractivity contribution in [3.63, 3.8) is 0 Å². The van der Waals surface area contributed by atoms with Crippen molar-refractivity contribution < 1.29 is 0 Å². The summed E-state index contributed by atoms with van der Waals surface area (Å²) in [6, 6.07) is 47.3. The number of rotatable bonds is 0. The van der Waals surface area contributed by atoms with Crippen LogP contribution in [0.2, 0.25) is 0 Å². The van der Waals surface area contributed by atoms with Crippen LogP contribution < -0.4 is 63.1 Å². The van der Waals surface area contributed by atoms with Gasteiger partial charge in [-0.1, -0.05) is 178 Å². The van der Waals surface area contributed by atoms with Crippen LogP contribution in [0.4, 0.5) is 34.1 Å². The predicted molar refractivity (Wildman–Crippen MR) is 419 cm³/mol. The van der Waals surface area contributed by atoms with Crippen LogP contribution in [0.1, 0.15) is 204 Å². The number of para-hydroxylation sites is 2. The molecule has 11 heteroatoms. The highest BCUT2D eigenvalue weighted by Crippen LogP contribution is 2.31. The van der Waals surface area contributed by atoms with Crippen molar-refractivity contribution in [2.75, 3.05) is 34.4 Å². The minimum Gasteiger partial charge on any atom is -0.399 e. The zero-order chi connectivity index (χ0) is 71.0. The molecule has 0 bridgehead atoms. The number of nitrogens with two attached hydrogens (primary N) is 11. The molecule has 6 aromatic rings. The molecule has 5 aliphatic rings. The van der Waals surface area contributed by atoms with E-state index in [1.165, 1.54) is 124 Å². The minimum absolute atomic E-state index is 0.471. The zero-order valence-corrected chi connectivity index (χ0v) is 62.4. The van der Waals surface area contributed by atoms with Gasteiger partial charge in [-0.2, -0.15) is 0 Å². The molecule has 6 aromatic carbocycles. The normalized spacial score (nSPS) is 26.3. The van der Waals surface area contributed by atoms with E-state index in [9.17, 15) is 0 Å². The van der Waals surface area contributed by atoms with E-state index in [0.29, 0.717) is 30.2 Å². The number of benzene rings is 6. The first-order valence-corrected chi connectivity index (χ1v) is 35.9. The minimum atomic E-state index is 0.471. The molecule has 0 amide bonds. The number of aryl methyl sites for hydroxylation is 6. The molecule has 528 valence electrons. The van der Waals surface area contributed by atoms with Gasteiger partial charge in [-0.15, -0.1) is 0 Å². The molecular formula is C83H141N11. The molecule has 0 saturated heterocycles. The van der Waals surface area contributed by atoms with Crippen LogP contribution in [-0.4, -0.2) is 30.2 Å². The fraction of sp³-hybridized carbons (Fsp3) is 0.566. The first-order chi connectivity index (χ1) is 44.2. The highest BCUT2D eigenvalue weighted by molar-refractivity contribution is 5.50. The standard InChI is InChI=1S/3C8H17N.C8H11N.C8H17N.C8H11N.C8H17N.3C7H9N.C6H7N/c1-6-3-7(2)5-8(9)4-6;1-6-3-4-8(9)5-7(6)2;2*1-6-3-4-8(9)7(2)5-6;1-6-3-4-7(2)8(9)5-6;1-6-4-3-5-8(9)7(6)2;1-6-4-3-5-7(2)8(6)9;1-6-2-4-7(8)5-3-6;1-6-3-2-4-7(8)5-6;1-6-4-2-3-5-7(6)8;7-6-4-2-1-3-5-6/h3*6-8H,3-5,9H2,1-2H3;3-5H,9H2,1-2H3;6-8H,3-5,9H2,1-2H3;3-5H,9H2,1-2H3;6-8H,3-5,9H2,1-2H3;3*2-5H,8H2,1H3;1-5H,7H2. The second-order valence-electron chi connectivity index (χ2n) is 29.5. The fourth-order valence-electron chi connectivity index (χ4n) is 12.4. The highest BCUT2D eigenvalue weighted by atomic mass is 14.7. The van der Waals surface area contributed by atoms with Gasteiger partial charge in [-0.25, -0.2) is 0 Å². The van der Waals surface area contributed by atoms with Crippen LogP contribution in [0.15, 0.2) is 140 Å². The monoisotopic (exact) mass is 1290 g/mol. The third kappa shape index (κ3) is 39.7. The molecule has 5 saturated carbocycles. The summed E-state index contributed by atoms with van der Waals surface area (Å²) in [4.78, 5) is 0. The lowest BCUT2D eigenvalue weighted by molar-refractivity contribution is 0.251. The summed E-state index contributed by atoms with van der Waals surface area (Å²) in [6.45, 7) is 37.1. The molecular weight excluding hydrogens is 1150 g/mol. The van der Waals surface area contributed by atoms with Crippen molar-refractivity contribution in [2.45, 2.75) is 244 Å². The third-order valence-electron chi connectivity index (χ3n) is 19.7. The summed E-state index contributed by atoms with van der Waals surface area (Å²) >= 11 is 0. The van der Waals surface area contributed by atoms with E-state index >= 15 is 0 Å². The number of anilines is 6. The Labute approximate surface area is 576 Å². The molecule has 5 fully saturated rings. The van der Waals surface area contributed by atoms with E-state index < -0.39 is 0 Å². The zero-order valence-electron chi connectivity index (χ0n) is 62.4. The molecule has 94 heavy (non-hydrogen) atoms. The van der Waals surface area contributed by atoms with Crippen molar-refractivity contribution in [1.82, 2.24) is 0 Å². The summed E-state index contributed by atoms with van der Waals surface area (Å²) in [6.07, 6.45) is 19.6. The first-order valence-electron chi connectivity index (χ1n) is 35.9. The molecule has 0 spiro atoms. The average Bonchev–Trinajstić information content (AvgIpc) is 1.70. The van der Waals surface area contributed by atoms with Crippen LogP contribution in [0.25, 0.3) is 0 Å². The van der Waals surface area contributed by atoms with Gasteiger partial charge in [0.15, 0.2) is 0 Å². The van der Waals surface area contributed by atoms with Gasteiger partial charge in [-0.3, -0.25) is 0 Å². The van der Waals surface area contributed by atoms with Crippen LogP contribution in [0.3, 0.4) is 0 Å². The lowest BCUT2D eigenvalue weighted by atomic mass is 9.79. The maximum atomic E-state index is 5.92. The summed E-state index contributed by atoms with van der Waals surface area (Å²) in [5.74, 6) is 8.32. The predicted octanol–water partition coefficient (Wildman–Crippen LogP) is 18.6. The van der Waals surface area contributed by atoms with E-state index in [1.807, 2.05) is 162 Å². The summed E-state index contributed by atoms with van der Waals surface area (Å²) in [5.41, 5.74) is 75.8. The molecule has 0 heterocycles. The number of hydrogen-bond acceptors (Lipinski definition) is 11. The summed E-state index contributed by atoms with van der Waals surface area (Å²) in [7, 11) is 0. The van der Waals surface area contributed by atoms with Crippen molar-refractivity contribution in [2.24, 2.45) is 87.8 Å². The highest BCUT2D eigenvalue weighted by Gasteiger charge is 2.25. The number of nitrogen functional groups attached to an aromatic ring is 6. The largest absolute Gasteiger partial charge is 0.399 e. The van der Waals surface area contributed by atoms with Crippen molar-refractivity contribution in [1.29, 1.82) is 0 Å². The Morgan fingerprint density at radius 3 is 1.15 bits per heavy atom. The van der Waals surface area contributed by atoms with Gasteiger partial charge in [0.1, 0.15) is 0 Å². The van der Waals surface area contributed by atoms with Crippen LogP contribution in [0, 0.1) is 108 Å². The summed E-state index contributed by atoms with van der Waals surface area (Å²) in [5, 5.41) is 0. The van der Waals surface area contributed by atoms with Gasteiger partial charge < -0.3 is 63.1 Å². The van der Waals surface area contributed by atoms with Gasteiger partial charge in [0.25, 0.3) is 0 Å². The molecule has 5 aliphatic carbocycles. The maximum absolute atomic E-state index is 5.92. The Hall–Kier alpha value is -6.08. The quantitative estimate of drug-likeness (QED) is 0.0636. The molecule has 0 aromatic heterocycles. The van der Waals surface area contributed by atoms with E-state index in [0.717, 1.165) is 104 Å². The molecule has 22 N–H and O–H groups in total. The molecule has 11 nitrogen and oxygen atoms in total. The third-order valence-corrected chi connectivity index (χ3v) is 19.7. The molecule has 0 aliphatic heterocycles. The van der Waals surface area contributed by atoms with E-state index in [1.54, 1.807) is 0 Å². The van der Waals surface area contributed by atoms with Gasteiger partial charge in [-0.05, 0) is 274 Å². The topological polar surface area (TPSA) is 286 Å². The molecule has 0 radical (unpaired) electrons. The van der Waals surface area contributed by atoms with Crippen LogP contribution in [0.5, 0.6) is 0 Å². The summed E-state index contributed by atoms with van der Waals surface area (Å²) < 4.78 is 0. The lowest BCUT2D eigenvalue weighted by Gasteiger charge is -2.31. The van der Waals surface area contributed by atoms with E-state index in [4.69, 9.17) is 63.1 Å². The van der Waals surface area contributed by atoms with Crippen LogP contribution in [-0.2, 0) is 0 Å². The Morgan fingerprint density at radius 1 is 0.277 bits per heavy atom. The SMILES string of the molecule is CC1CC(C)CC(N)C1.CC1CCC(C)C(N)C1.CC1CCC(N)C(C)C1.CC1CCC(N)CC1C.CC1CCCC(C)C1N.Cc1ccc(N)c(C)c1.Cc1ccc(N)cc1.Cc1cccc(N)c1.Cc1cccc(N)c1C.Cc1ccccc1N.Nc1ccccc1. The first kappa shape index (κ1) is 85.9. The maximum Gasteiger partial charge on any atom is 0.0346 e. The van der Waals surface area contributed by atoms with Crippen LogP contribution >= 0.6 is 0 Å². The number of hydrogen-bond donors (Lipinski definition) is 11. The second kappa shape index (κ2) is 47.8. The molecule has 13 atom stereocenters. The van der Waals surface area contributed by atoms with Gasteiger partial charge in [0, 0.05) is 64.3 Å². The Morgan fingerprint density at radius 2 is 0.755 bits per heavy atom.